The number of anilines is 1. The highest BCUT2D eigenvalue weighted by atomic mass is 32.2. The second kappa shape index (κ2) is 5.82. The van der Waals surface area contributed by atoms with Crippen LogP contribution in [0.1, 0.15) is 24.8 Å². The van der Waals surface area contributed by atoms with Crippen LogP contribution in [0.5, 0.6) is 0 Å². The Kier molecular flexibility index (Phi) is 4.37. The van der Waals surface area contributed by atoms with Crippen LogP contribution in [0.15, 0.2) is 18.3 Å². The highest BCUT2D eigenvalue weighted by molar-refractivity contribution is 7.99. The minimum absolute atomic E-state index is 0.508. The number of nitrogens with zero attached hydrogens (tertiary/aromatic N) is 1. The first-order valence-corrected chi connectivity index (χ1v) is 6.99. The molecular weight excluding hydrogens is 261 g/mol. The molecule has 0 spiro atoms. The molecule has 1 fully saturated rings. The third-order valence-corrected chi connectivity index (χ3v) is 4.27. The Labute approximate surface area is 108 Å². The molecule has 1 aliphatic rings. The lowest BCUT2D eigenvalue weighted by Gasteiger charge is -2.21. The average molecular weight is 276 g/mol. The van der Waals surface area contributed by atoms with E-state index in [0.717, 1.165) is 25.2 Å². The van der Waals surface area contributed by atoms with E-state index in [1.165, 1.54) is 24.7 Å². The van der Waals surface area contributed by atoms with E-state index < -0.39 is 11.7 Å². The molecule has 1 saturated heterocycles. The number of pyridine rings is 1. The summed E-state index contributed by atoms with van der Waals surface area (Å²) in [7, 11) is 0. The molecule has 0 aromatic carbocycles. The van der Waals surface area contributed by atoms with Crippen molar-refractivity contribution in [3.63, 3.8) is 0 Å². The first kappa shape index (κ1) is 13.5. The van der Waals surface area contributed by atoms with E-state index in [1.54, 1.807) is 0 Å². The quantitative estimate of drug-likeness (QED) is 0.909. The smallest absolute Gasteiger partial charge is 0.369 e. The molecule has 1 N–H and O–H groups in total. The molecule has 1 unspecified atom stereocenters. The highest BCUT2D eigenvalue weighted by Crippen LogP contribution is 2.29. The van der Waals surface area contributed by atoms with Crippen LogP contribution in [0.3, 0.4) is 0 Å². The zero-order chi connectivity index (χ0) is 13.0. The highest BCUT2D eigenvalue weighted by Gasteiger charge is 2.30. The molecule has 1 aliphatic heterocycles. The van der Waals surface area contributed by atoms with Gasteiger partial charge in [0.25, 0.3) is 0 Å². The average Bonchev–Trinajstić information content (AvgIpc) is 2.37. The SMILES string of the molecule is FC(F)(F)c1ccc(NCC2CCCCS2)nc1. The molecule has 2 rings (SSSR count). The third kappa shape index (κ3) is 3.80. The standard InChI is InChI=1S/C12H15F3N2S/c13-12(14,15)9-4-5-11(16-7-9)17-8-10-3-1-2-6-18-10/h4-5,7,10H,1-3,6,8H2,(H,16,17). The molecule has 0 amide bonds. The molecule has 1 atom stereocenters. The van der Waals surface area contributed by atoms with Gasteiger partial charge in [0.2, 0.25) is 0 Å². The number of hydrogen-bond donors (Lipinski definition) is 1. The van der Waals surface area contributed by atoms with Gasteiger partial charge in [-0.15, -0.1) is 0 Å². The summed E-state index contributed by atoms with van der Waals surface area (Å²) in [6, 6.07) is 2.44. The summed E-state index contributed by atoms with van der Waals surface area (Å²) < 4.78 is 37.0. The molecule has 0 radical (unpaired) electrons. The first-order chi connectivity index (χ1) is 8.55. The Morgan fingerprint density at radius 3 is 2.72 bits per heavy atom. The van der Waals surface area contributed by atoms with Crippen LogP contribution in [0, 0.1) is 0 Å². The lowest BCUT2D eigenvalue weighted by atomic mass is 10.2. The Morgan fingerprint density at radius 1 is 1.33 bits per heavy atom. The van der Waals surface area contributed by atoms with Crippen molar-refractivity contribution < 1.29 is 13.2 Å². The molecule has 2 heterocycles. The van der Waals surface area contributed by atoms with Crippen LogP contribution < -0.4 is 5.32 Å². The van der Waals surface area contributed by atoms with Crippen LogP contribution in [0.4, 0.5) is 19.0 Å². The molecule has 6 heteroatoms. The minimum Gasteiger partial charge on any atom is -0.369 e. The van der Waals surface area contributed by atoms with E-state index >= 15 is 0 Å². The van der Waals surface area contributed by atoms with Crippen molar-refractivity contribution >= 4 is 17.6 Å². The van der Waals surface area contributed by atoms with Crippen molar-refractivity contribution in [2.75, 3.05) is 17.6 Å². The summed E-state index contributed by atoms with van der Waals surface area (Å²) in [5.41, 5.74) is -0.708. The third-order valence-electron chi connectivity index (χ3n) is 2.88. The van der Waals surface area contributed by atoms with E-state index in [1.807, 2.05) is 11.8 Å². The fourth-order valence-electron chi connectivity index (χ4n) is 1.85. The minimum atomic E-state index is -4.31. The fraction of sp³-hybridized carbons (Fsp3) is 0.583. The van der Waals surface area contributed by atoms with E-state index in [0.29, 0.717) is 11.1 Å². The van der Waals surface area contributed by atoms with Gasteiger partial charge in [-0.2, -0.15) is 24.9 Å². The van der Waals surface area contributed by atoms with Crippen LogP contribution in [-0.2, 0) is 6.18 Å². The number of thioether (sulfide) groups is 1. The van der Waals surface area contributed by atoms with Gasteiger partial charge >= 0.3 is 6.18 Å². The number of rotatable bonds is 3. The van der Waals surface area contributed by atoms with Gasteiger partial charge in [-0.05, 0) is 30.7 Å². The summed E-state index contributed by atoms with van der Waals surface area (Å²) in [5, 5.41) is 3.64. The van der Waals surface area contributed by atoms with Gasteiger partial charge in [0.1, 0.15) is 5.82 Å². The lowest BCUT2D eigenvalue weighted by Crippen LogP contribution is -2.20. The zero-order valence-corrected chi connectivity index (χ0v) is 10.7. The van der Waals surface area contributed by atoms with Crippen LogP contribution in [0.2, 0.25) is 0 Å². The maximum atomic E-state index is 12.3. The molecule has 100 valence electrons. The van der Waals surface area contributed by atoms with Gasteiger partial charge in [-0.25, -0.2) is 4.98 Å². The van der Waals surface area contributed by atoms with E-state index in [-0.39, 0.29) is 0 Å². The number of hydrogen-bond acceptors (Lipinski definition) is 3. The predicted molar refractivity (Wildman–Crippen MR) is 67.8 cm³/mol. The molecule has 0 bridgehead atoms. The Morgan fingerprint density at radius 2 is 2.17 bits per heavy atom. The maximum absolute atomic E-state index is 12.3. The number of aromatic nitrogens is 1. The number of alkyl halides is 3. The van der Waals surface area contributed by atoms with Gasteiger partial charge in [-0.1, -0.05) is 6.42 Å². The van der Waals surface area contributed by atoms with E-state index in [4.69, 9.17) is 0 Å². The van der Waals surface area contributed by atoms with Crippen LogP contribution in [0.25, 0.3) is 0 Å². The second-order valence-electron chi connectivity index (χ2n) is 4.30. The van der Waals surface area contributed by atoms with Crippen LogP contribution in [-0.4, -0.2) is 22.5 Å². The second-order valence-corrected chi connectivity index (χ2v) is 5.71. The monoisotopic (exact) mass is 276 g/mol. The molecule has 1 aromatic heterocycles. The zero-order valence-electron chi connectivity index (χ0n) is 9.83. The predicted octanol–water partition coefficient (Wildman–Crippen LogP) is 3.80. The van der Waals surface area contributed by atoms with Crippen molar-refractivity contribution in [2.24, 2.45) is 0 Å². The number of nitrogens with one attached hydrogen (secondary N) is 1. The lowest BCUT2D eigenvalue weighted by molar-refractivity contribution is -0.137. The van der Waals surface area contributed by atoms with Crippen molar-refractivity contribution in [3.8, 4) is 0 Å². The Bertz CT molecular complexity index is 372. The fourth-order valence-corrected chi connectivity index (χ4v) is 3.09. The first-order valence-electron chi connectivity index (χ1n) is 5.94. The Balaban J connectivity index is 1.86. The summed E-state index contributed by atoms with van der Waals surface area (Å²) in [6.45, 7) is 0.767. The summed E-state index contributed by atoms with van der Waals surface area (Å²) >= 11 is 1.92. The van der Waals surface area contributed by atoms with E-state index in [9.17, 15) is 13.2 Å². The van der Waals surface area contributed by atoms with Crippen molar-refractivity contribution in [3.05, 3.63) is 23.9 Å². The molecule has 0 aliphatic carbocycles. The summed E-state index contributed by atoms with van der Waals surface area (Å²) in [5.74, 6) is 1.68. The van der Waals surface area contributed by atoms with Gasteiger partial charge < -0.3 is 5.32 Å². The Hall–Kier alpha value is -0.910. The largest absolute Gasteiger partial charge is 0.417 e. The molecule has 0 saturated carbocycles. The number of halogens is 3. The topological polar surface area (TPSA) is 24.9 Å². The van der Waals surface area contributed by atoms with Gasteiger partial charge in [-0.3, -0.25) is 0 Å². The molecule has 1 aromatic rings. The van der Waals surface area contributed by atoms with Crippen molar-refractivity contribution in [1.29, 1.82) is 0 Å². The van der Waals surface area contributed by atoms with E-state index in [2.05, 4.69) is 10.3 Å². The molecular formula is C12H15F3N2S. The van der Waals surface area contributed by atoms with Crippen LogP contribution >= 0.6 is 11.8 Å². The maximum Gasteiger partial charge on any atom is 0.417 e. The van der Waals surface area contributed by atoms with Gasteiger partial charge in [0.15, 0.2) is 0 Å². The summed E-state index contributed by atoms with van der Waals surface area (Å²) in [4.78, 5) is 3.79. The van der Waals surface area contributed by atoms with Gasteiger partial charge in [0, 0.05) is 18.0 Å². The molecule has 2 nitrogen and oxygen atoms in total. The summed E-state index contributed by atoms with van der Waals surface area (Å²) in [6.07, 6.45) is 0.221. The molecule has 18 heavy (non-hydrogen) atoms. The van der Waals surface area contributed by atoms with Gasteiger partial charge in [0.05, 0.1) is 5.56 Å². The normalized spacial score (nSPS) is 20.7. The van der Waals surface area contributed by atoms with Crippen molar-refractivity contribution in [1.82, 2.24) is 4.98 Å². The van der Waals surface area contributed by atoms with Crippen molar-refractivity contribution in [2.45, 2.75) is 30.7 Å².